The number of hydrogen-bond acceptors (Lipinski definition) is 3. The van der Waals surface area contributed by atoms with E-state index in [9.17, 15) is 13.6 Å². The summed E-state index contributed by atoms with van der Waals surface area (Å²) in [6, 6.07) is 0. The van der Waals surface area contributed by atoms with Crippen molar-refractivity contribution < 1.29 is 23.0 Å². The second-order valence-electron chi connectivity index (χ2n) is 3.04. The molecule has 1 amide bonds. The van der Waals surface area contributed by atoms with Gasteiger partial charge in [0.2, 0.25) is 0 Å². The quantitative estimate of drug-likeness (QED) is 0.663. The van der Waals surface area contributed by atoms with E-state index in [0.717, 1.165) is 12.0 Å². The second-order valence-corrected chi connectivity index (χ2v) is 3.04. The first-order valence-electron chi connectivity index (χ1n) is 4.32. The van der Waals surface area contributed by atoms with Crippen molar-refractivity contribution in [2.75, 3.05) is 40.0 Å². The van der Waals surface area contributed by atoms with Crippen LogP contribution >= 0.6 is 0 Å². The first-order valence-corrected chi connectivity index (χ1v) is 4.32. The highest BCUT2D eigenvalue weighted by atomic mass is 19.3. The van der Waals surface area contributed by atoms with Crippen molar-refractivity contribution in [2.24, 2.45) is 0 Å². The van der Waals surface area contributed by atoms with Gasteiger partial charge in [0, 0.05) is 20.2 Å². The van der Waals surface area contributed by atoms with Crippen molar-refractivity contribution in [1.82, 2.24) is 4.90 Å². The van der Waals surface area contributed by atoms with Crippen LogP contribution in [-0.4, -0.2) is 56.7 Å². The Morgan fingerprint density at radius 1 is 1.50 bits per heavy atom. The molecule has 0 aromatic carbocycles. The lowest BCUT2D eigenvalue weighted by Crippen LogP contribution is -2.50. The minimum atomic E-state index is -3.42. The Hall–Kier alpha value is -0.750. The molecule has 0 bridgehead atoms. The number of halogens is 2. The molecule has 1 heterocycles. The maximum Gasteiger partial charge on any atom is 0.347 e. The summed E-state index contributed by atoms with van der Waals surface area (Å²) < 4.78 is 35.3. The fourth-order valence-corrected chi connectivity index (χ4v) is 1.24. The maximum absolute atomic E-state index is 13.0. The van der Waals surface area contributed by atoms with Crippen LogP contribution in [0.15, 0.2) is 0 Å². The lowest BCUT2D eigenvalue weighted by atomic mass is 10.3. The largest absolute Gasteiger partial charge is 0.378 e. The normalized spacial score (nSPS) is 18.4. The number of carbonyl (C=O) groups is 1. The Bertz CT molecular complexity index is 205. The zero-order valence-electron chi connectivity index (χ0n) is 7.96. The van der Waals surface area contributed by atoms with E-state index in [1.807, 2.05) is 0 Å². The monoisotopic (exact) mass is 209 g/mol. The van der Waals surface area contributed by atoms with Gasteiger partial charge in [0.15, 0.2) is 0 Å². The predicted octanol–water partition coefficient (Wildman–Crippen LogP) is 0.127. The Morgan fingerprint density at radius 3 is 2.57 bits per heavy atom. The average Bonchev–Trinajstić information content (AvgIpc) is 2.18. The van der Waals surface area contributed by atoms with Crippen LogP contribution in [0.3, 0.4) is 0 Å². The van der Waals surface area contributed by atoms with E-state index in [-0.39, 0.29) is 13.1 Å². The number of nitrogens with zero attached hydrogens (tertiary/aromatic N) is 1. The smallest absolute Gasteiger partial charge is 0.347 e. The van der Waals surface area contributed by atoms with Gasteiger partial charge in [0.1, 0.15) is 6.61 Å². The van der Waals surface area contributed by atoms with Crippen molar-refractivity contribution in [3.8, 4) is 0 Å². The summed E-state index contributed by atoms with van der Waals surface area (Å²) in [6.45, 7) is 0.197. The van der Waals surface area contributed by atoms with Crippen molar-refractivity contribution >= 4 is 5.91 Å². The second kappa shape index (κ2) is 4.65. The number of ether oxygens (including phenoxy) is 2. The molecule has 0 N–H and O–H groups in total. The number of rotatable bonds is 3. The third kappa shape index (κ3) is 2.62. The highest BCUT2D eigenvalue weighted by molar-refractivity contribution is 5.83. The maximum atomic E-state index is 13.0. The Kier molecular flexibility index (Phi) is 3.77. The summed E-state index contributed by atoms with van der Waals surface area (Å²) in [5.74, 6) is -4.60. The van der Waals surface area contributed by atoms with Gasteiger partial charge in [-0.05, 0) is 0 Å². The summed E-state index contributed by atoms with van der Waals surface area (Å²) in [5.41, 5.74) is 0. The van der Waals surface area contributed by atoms with E-state index in [0.29, 0.717) is 13.2 Å². The molecule has 0 unspecified atom stereocenters. The number of morpholine rings is 1. The topological polar surface area (TPSA) is 38.8 Å². The third-order valence-electron chi connectivity index (χ3n) is 1.94. The minimum Gasteiger partial charge on any atom is -0.378 e. The third-order valence-corrected chi connectivity index (χ3v) is 1.94. The molecule has 0 aromatic heterocycles. The summed E-state index contributed by atoms with van der Waals surface area (Å²) in [4.78, 5) is 12.3. The number of alkyl halides is 2. The number of carbonyl (C=O) groups excluding carboxylic acids is 1. The molecule has 1 aliphatic heterocycles. The van der Waals surface area contributed by atoms with Gasteiger partial charge < -0.3 is 14.4 Å². The summed E-state index contributed by atoms with van der Waals surface area (Å²) in [6.07, 6.45) is 0. The summed E-state index contributed by atoms with van der Waals surface area (Å²) in [7, 11) is 1.14. The number of hydrogen-bond donors (Lipinski definition) is 0. The van der Waals surface area contributed by atoms with Gasteiger partial charge in [-0.1, -0.05) is 0 Å². The lowest BCUT2D eigenvalue weighted by Gasteiger charge is -2.29. The van der Waals surface area contributed by atoms with E-state index in [1.165, 1.54) is 0 Å². The predicted molar refractivity (Wildman–Crippen MR) is 44.2 cm³/mol. The van der Waals surface area contributed by atoms with E-state index >= 15 is 0 Å². The van der Waals surface area contributed by atoms with Crippen molar-refractivity contribution in [3.63, 3.8) is 0 Å². The Morgan fingerprint density at radius 2 is 2.07 bits per heavy atom. The number of amides is 1. The summed E-state index contributed by atoms with van der Waals surface area (Å²) in [5, 5.41) is 0. The number of methoxy groups -OCH3 is 1. The van der Waals surface area contributed by atoms with E-state index < -0.39 is 18.4 Å². The van der Waals surface area contributed by atoms with Crippen LogP contribution in [0.4, 0.5) is 8.78 Å². The van der Waals surface area contributed by atoms with Crippen LogP contribution in [-0.2, 0) is 14.3 Å². The van der Waals surface area contributed by atoms with Gasteiger partial charge in [0.25, 0.3) is 5.91 Å². The fourth-order valence-electron chi connectivity index (χ4n) is 1.24. The SMILES string of the molecule is COCC(F)(F)C(=O)N1CCOCC1. The average molecular weight is 209 g/mol. The van der Waals surface area contributed by atoms with Gasteiger partial charge in [0.05, 0.1) is 13.2 Å². The molecule has 0 radical (unpaired) electrons. The standard InChI is InChI=1S/C8H13F2NO3/c1-13-6-8(9,10)7(12)11-2-4-14-5-3-11/h2-6H2,1H3. The van der Waals surface area contributed by atoms with Crippen LogP contribution in [0.25, 0.3) is 0 Å². The zero-order chi connectivity index (χ0) is 10.6. The molecule has 0 atom stereocenters. The van der Waals surface area contributed by atoms with Crippen LogP contribution in [0.2, 0.25) is 0 Å². The molecule has 0 aliphatic carbocycles. The summed E-state index contributed by atoms with van der Waals surface area (Å²) >= 11 is 0. The molecule has 0 saturated carbocycles. The first-order chi connectivity index (χ1) is 6.58. The Labute approximate surface area is 80.8 Å². The van der Waals surface area contributed by atoms with E-state index in [4.69, 9.17) is 4.74 Å². The Balaban J connectivity index is 2.53. The molecule has 0 spiro atoms. The highest BCUT2D eigenvalue weighted by Crippen LogP contribution is 2.18. The van der Waals surface area contributed by atoms with Crippen molar-refractivity contribution in [3.05, 3.63) is 0 Å². The lowest BCUT2D eigenvalue weighted by molar-refractivity contribution is -0.168. The molecule has 0 aromatic rings. The van der Waals surface area contributed by atoms with Crippen LogP contribution < -0.4 is 0 Å². The van der Waals surface area contributed by atoms with Gasteiger partial charge in [-0.15, -0.1) is 0 Å². The fraction of sp³-hybridized carbons (Fsp3) is 0.875. The van der Waals surface area contributed by atoms with Gasteiger partial charge in [-0.25, -0.2) is 0 Å². The van der Waals surface area contributed by atoms with Crippen LogP contribution in [0.5, 0.6) is 0 Å². The van der Waals surface area contributed by atoms with E-state index in [2.05, 4.69) is 4.74 Å². The molecular formula is C8H13F2NO3. The van der Waals surface area contributed by atoms with Gasteiger partial charge in [-0.2, -0.15) is 8.78 Å². The molecule has 14 heavy (non-hydrogen) atoms. The van der Waals surface area contributed by atoms with Crippen LogP contribution in [0, 0.1) is 0 Å². The van der Waals surface area contributed by atoms with Gasteiger partial charge in [-0.3, -0.25) is 4.79 Å². The van der Waals surface area contributed by atoms with Crippen LogP contribution in [0.1, 0.15) is 0 Å². The zero-order valence-corrected chi connectivity index (χ0v) is 7.96. The minimum absolute atomic E-state index is 0.220. The molecule has 1 fully saturated rings. The molecule has 1 rings (SSSR count). The first kappa shape index (κ1) is 11.3. The van der Waals surface area contributed by atoms with E-state index in [1.54, 1.807) is 0 Å². The molecule has 4 nitrogen and oxygen atoms in total. The molecule has 1 saturated heterocycles. The van der Waals surface area contributed by atoms with Crippen molar-refractivity contribution in [2.45, 2.75) is 5.92 Å². The highest BCUT2D eigenvalue weighted by Gasteiger charge is 2.42. The molecule has 6 heteroatoms. The molecule has 1 aliphatic rings. The van der Waals surface area contributed by atoms with Crippen molar-refractivity contribution in [1.29, 1.82) is 0 Å². The van der Waals surface area contributed by atoms with Gasteiger partial charge >= 0.3 is 5.92 Å². The molecule has 82 valence electrons. The molecular weight excluding hydrogens is 196 g/mol.